The number of benzene rings is 2. The van der Waals surface area contributed by atoms with Crippen LogP contribution in [0.4, 0.5) is 18.9 Å². The zero-order chi connectivity index (χ0) is 24.1. The van der Waals surface area contributed by atoms with E-state index in [4.69, 9.17) is 0 Å². The van der Waals surface area contributed by atoms with Crippen molar-refractivity contribution in [3.05, 3.63) is 65.2 Å². The summed E-state index contributed by atoms with van der Waals surface area (Å²) in [6.45, 7) is 2.02. The van der Waals surface area contributed by atoms with E-state index in [0.29, 0.717) is 37.2 Å². The third kappa shape index (κ3) is 6.13. The molecule has 2 aliphatic rings. The van der Waals surface area contributed by atoms with Crippen LogP contribution in [-0.4, -0.2) is 60.1 Å². The molecule has 4 rings (SSSR count). The lowest BCUT2D eigenvalue weighted by atomic mass is 9.91. The molecule has 182 valence electrons. The van der Waals surface area contributed by atoms with Crippen molar-refractivity contribution in [3.8, 4) is 0 Å². The number of fused-ring (bicyclic) bond motifs is 1. The van der Waals surface area contributed by atoms with Gasteiger partial charge in [-0.1, -0.05) is 36.4 Å². The fraction of sp³-hybridized carbons (Fsp3) is 0.440. The molecular formula is C25H28F3N3O2S. The average molecular weight is 492 g/mol. The second-order valence-corrected chi connectivity index (χ2v) is 9.83. The Hall–Kier alpha value is -2.52. The minimum atomic E-state index is -4.53. The minimum Gasteiger partial charge on any atom is -0.339 e. The lowest BCUT2D eigenvalue weighted by molar-refractivity contribution is -0.137. The normalized spacial score (nSPS) is 18.9. The number of aryl methyl sites for hydroxylation is 1. The van der Waals surface area contributed by atoms with E-state index in [2.05, 4.69) is 29.6 Å². The van der Waals surface area contributed by atoms with Crippen molar-refractivity contribution in [1.29, 1.82) is 0 Å². The fourth-order valence-electron chi connectivity index (χ4n) is 4.53. The third-order valence-corrected chi connectivity index (χ3v) is 7.63. The summed E-state index contributed by atoms with van der Waals surface area (Å²) >= 11 is 1.70. The maximum Gasteiger partial charge on any atom is 0.418 e. The van der Waals surface area contributed by atoms with Crippen LogP contribution in [0.25, 0.3) is 0 Å². The summed E-state index contributed by atoms with van der Waals surface area (Å²) in [5, 5.41) is 2.72. The number of hydrogen-bond donors (Lipinski definition) is 1. The Morgan fingerprint density at radius 1 is 1.00 bits per heavy atom. The number of carbonyl (C=O) groups excluding carboxylic acids is 2. The first-order valence-corrected chi connectivity index (χ1v) is 12.5. The van der Waals surface area contributed by atoms with Gasteiger partial charge < -0.3 is 10.2 Å². The average Bonchev–Trinajstić information content (AvgIpc) is 2.82. The molecule has 0 radical (unpaired) electrons. The van der Waals surface area contributed by atoms with E-state index < -0.39 is 17.6 Å². The Labute approximate surface area is 201 Å². The number of piperazine rings is 1. The SMILES string of the molecule is O=C(CN1CCN(C(=O)CSC2CCCc3ccccc32)CC1)Nc1ccccc1C(F)(F)F. The van der Waals surface area contributed by atoms with Crippen LogP contribution >= 0.6 is 11.8 Å². The number of alkyl halides is 3. The highest BCUT2D eigenvalue weighted by molar-refractivity contribution is 8.00. The number of amides is 2. The number of rotatable bonds is 6. The number of nitrogens with one attached hydrogen (secondary N) is 1. The topological polar surface area (TPSA) is 52.7 Å². The second kappa shape index (κ2) is 10.8. The summed E-state index contributed by atoms with van der Waals surface area (Å²) in [5.41, 5.74) is 1.62. The number of anilines is 1. The first-order chi connectivity index (χ1) is 16.3. The highest BCUT2D eigenvalue weighted by Gasteiger charge is 2.33. The van der Waals surface area contributed by atoms with Gasteiger partial charge in [0.25, 0.3) is 0 Å². The molecule has 1 atom stereocenters. The molecule has 2 aromatic carbocycles. The van der Waals surface area contributed by atoms with Crippen molar-refractivity contribution in [1.82, 2.24) is 9.80 Å². The molecule has 1 aliphatic carbocycles. The summed E-state index contributed by atoms with van der Waals surface area (Å²) in [7, 11) is 0. The van der Waals surface area contributed by atoms with Gasteiger partial charge in [-0.3, -0.25) is 14.5 Å². The number of halogens is 3. The molecule has 2 aromatic rings. The minimum absolute atomic E-state index is 0.0121. The molecule has 9 heteroatoms. The van der Waals surface area contributed by atoms with Crippen molar-refractivity contribution in [2.45, 2.75) is 30.7 Å². The molecule has 34 heavy (non-hydrogen) atoms. The number of hydrogen-bond acceptors (Lipinski definition) is 4. The van der Waals surface area contributed by atoms with Crippen LogP contribution < -0.4 is 5.32 Å². The van der Waals surface area contributed by atoms with Crippen LogP contribution in [0.5, 0.6) is 0 Å². The zero-order valence-corrected chi connectivity index (χ0v) is 19.6. The van der Waals surface area contributed by atoms with E-state index in [1.54, 1.807) is 11.8 Å². The standard InChI is InChI=1S/C25H28F3N3O2S/c26-25(27,28)20-9-3-4-10-21(20)29-23(32)16-30-12-14-31(15-13-30)24(33)17-34-22-11-5-7-18-6-1-2-8-19(18)22/h1-4,6,8-10,22H,5,7,11-17H2,(H,29,32). The first-order valence-electron chi connectivity index (χ1n) is 11.5. The van der Waals surface area contributed by atoms with Crippen LogP contribution in [-0.2, 0) is 22.2 Å². The molecule has 1 N–H and O–H groups in total. The summed E-state index contributed by atoms with van der Waals surface area (Å²) in [4.78, 5) is 28.8. The predicted octanol–water partition coefficient (Wildman–Crippen LogP) is 4.60. The van der Waals surface area contributed by atoms with Crippen molar-refractivity contribution in [2.24, 2.45) is 0 Å². The van der Waals surface area contributed by atoms with Gasteiger partial charge in [0.1, 0.15) is 0 Å². The smallest absolute Gasteiger partial charge is 0.339 e. The molecule has 2 amide bonds. The van der Waals surface area contributed by atoms with Crippen molar-refractivity contribution in [2.75, 3.05) is 43.8 Å². The molecule has 1 unspecified atom stereocenters. The van der Waals surface area contributed by atoms with E-state index in [0.717, 1.165) is 25.3 Å². The number of carbonyl (C=O) groups is 2. The lowest BCUT2D eigenvalue weighted by Gasteiger charge is -2.34. The van der Waals surface area contributed by atoms with Crippen molar-refractivity contribution >= 4 is 29.3 Å². The van der Waals surface area contributed by atoms with Gasteiger partial charge >= 0.3 is 6.18 Å². The fourth-order valence-corrected chi connectivity index (χ4v) is 5.80. The Kier molecular flexibility index (Phi) is 7.83. The van der Waals surface area contributed by atoms with Crippen LogP contribution in [0.15, 0.2) is 48.5 Å². The van der Waals surface area contributed by atoms with Crippen molar-refractivity contribution < 1.29 is 22.8 Å². The second-order valence-electron chi connectivity index (χ2n) is 8.64. The summed E-state index contributed by atoms with van der Waals surface area (Å²) in [6, 6.07) is 13.4. The summed E-state index contributed by atoms with van der Waals surface area (Å²) < 4.78 is 39.4. The van der Waals surface area contributed by atoms with Gasteiger partial charge in [-0.05, 0) is 42.5 Å². The molecule has 1 heterocycles. The van der Waals surface area contributed by atoms with Gasteiger partial charge in [0.05, 0.1) is 23.5 Å². The number of para-hydroxylation sites is 1. The van der Waals surface area contributed by atoms with Gasteiger partial charge in [-0.2, -0.15) is 13.2 Å². The summed E-state index contributed by atoms with van der Waals surface area (Å²) in [5.74, 6) is 0.0209. The number of thioether (sulfide) groups is 1. The highest BCUT2D eigenvalue weighted by Crippen LogP contribution is 2.39. The Morgan fingerprint density at radius 2 is 1.71 bits per heavy atom. The van der Waals surface area contributed by atoms with Gasteiger partial charge in [-0.15, -0.1) is 11.8 Å². The monoisotopic (exact) mass is 491 g/mol. The largest absolute Gasteiger partial charge is 0.418 e. The number of nitrogens with zero attached hydrogens (tertiary/aromatic N) is 2. The van der Waals surface area contributed by atoms with E-state index in [1.807, 2.05) is 9.80 Å². The van der Waals surface area contributed by atoms with Crippen molar-refractivity contribution in [3.63, 3.8) is 0 Å². The highest BCUT2D eigenvalue weighted by atomic mass is 32.2. The zero-order valence-electron chi connectivity index (χ0n) is 18.8. The molecule has 0 bridgehead atoms. The predicted molar refractivity (Wildman–Crippen MR) is 128 cm³/mol. The maximum absolute atomic E-state index is 13.1. The van der Waals surface area contributed by atoms with E-state index in [-0.39, 0.29) is 18.1 Å². The molecule has 1 saturated heterocycles. The quantitative estimate of drug-likeness (QED) is 0.642. The van der Waals surface area contributed by atoms with Crippen LogP contribution in [0.1, 0.15) is 34.8 Å². The van der Waals surface area contributed by atoms with Gasteiger partial charge in [0.2, 0.25) is 11.8 Å². The van der Waals surface area contributed by atoms with Crippen LogP contribution in [0.3, 0.4) is 0 Å². The maximum atomic E-state index is 13.1. The van der Waals surface area contributed by atoms with E-state index >= 15 is 0 Å². The van der Waals surface area contributed by atoms with Crippen LogP contribution in [0, 0.1) is 0 Å². The van der Waals surface area contributed by atoms with Gasteiger partial charge in [-0.25, -0.2) is 0 Å². The van der Waals surface area contributed by atoms with Gasteiger partial charge in [0.15, 0.2) is 0 Å². The molecule has 0 saturated carbocycles. The Bertz CT molecular complexity index is 1020. The molecule has 0 aromatic heterocycles. The van der Waals surface area contributed by atoms with E-state index in [9.17, 15) is 22.8 Å². The Morgan fingerprint density at radius 3 is 2.47 bits per heavy atom. The summed E-state index contributed by atoms with van der Waals surface area (Å²) in [6.07, 6.45) is -1.22. The van der Waals surface area contributed by atoms with Gasteiger partial charge in [0, 0.05) is 31.4 Å². The molecule has 1 aliphatic heterocycles. The molecule has 5 nitrogen and oxygen atoms in total. The molecule has 0 spiro atoms. The molecule has 1 fully saturated rings. The first kappa shape index (κ1) is 24.6. The third-order valence-electron chi connectivity index (χ3n) is 6.32. The van der Waals surface area contributed by atoms with E-state index in [1.165, 1.54) is 29.3 Å². The lowest BCUT2D eigenvalue weighted by Crippen LogP contribution is -2.51. The molecular weight excluding hydrogens is 463 g/mol. The Balaban J connectivity index is 1.22. The van der Waals surface area contributed by atoms with Crippen LogP contribution in [0.2, 0.25) is 0 Å².